The topological polar surface area (TPSA) is 35.2 Å². The van der Waals surface area contributed by atoms with Crippen LogP contribution in [0.2, 0.25) is 0 Å². The van der Waals surface area contributed by atoms with Gasteiger partial charge in [0.15, 0.2) is 0 Å². The Labute approximate surface area is 97.8 Å². The summed E-state index contributed by atoms with van der Waals surface area (Å²) < 4.78 is 5.96. The Kier molecular flexibility index (Phi) is 3.83. The molecule has 2 N–H and O–H groups in total. The average molecular weight is 219 g/mol. The largest absolute Gasteiger partial charge is 0.490 e. The van der Waals surface area contributed by atoms with E-state index in [0.29, 0.717) is 6.10 Å². The summed E-state index contributed by atoms with van der Waals surface area (Å²) >= 11 is 0. The number of hydrogen-bond donors (Lipinski definition) is 1. The summed E-state index contributed by atoms with van der Waals surface area (Å²) in [7, 11) is 0. The summed E-state index contributed by atoms with van der Waals surface area (Å²) in [6, 6.07) is 8.55. The van der Waals surface area contributed by atoms with Crippen molar-refractivity contribution in [3.05, 3.63) is 29.8 Å². The first kappa shape index (κ1) is 11.5. The molecule has 1 aliphatic rings. The second-order valence-corrected chi connectivity index (χ2v) is 4.85. The maximum atomic E-state index is 5.96. The van der Waals surface area contributed by atoms with E-state index in [2.05, 4.69) is 18.2 Å². The van der Waals surface area contributed by atoms with Crippen molar-refractivity contribution in [3.63, 3.8) is 0 Å². The second kappa shape index (κ2) is 5.35. The molecular weight excluding hydrogens is 198 g/mol. The van der Waals surface area contributed by atoms with Crippen LogP contribution in [0, 0.1) is 0 Å². The number of hydrogen-bond acceptors (Lipinski definition) is 2. The molecule has 0 bridgehead atoms. The van der Waals surface area contributed by atoms with Gasteiger partial charge in [0.2, 0.25) is 0 Å². The highest BCUT2D eigenvalue weighted by molar-refractivity contribution is 5.29. The summed E-state index contributed by atoms with van der Waals surface area (Å²) in [5.74, 6) is 1.00. The van der Waals surface area contributed by atoms with Gasteiger partial charge in [-0.3, -0.25) is 0 Å². The van der Waals surface area contributed by atoms with Crippen LogP contribution < -0.4 is 10.5 Å². The van der Waals surface area contributed by atoms with Crippen molar-refractivity contribution in [2.24, 2.45) is 5.73 Å². The smallest absolute Gasteiger partial charge is 0.119 e. The first-order valence-electron chi connectivity index (χ1n) is 6.25. The number of benzene rings is 1. The van der Waals surface area contributed by atoms with Gasteiger partial charge in [-0.1, -0.05) is 12.1 Å². The lowest BCUT2D eigenvalue weighted by atomic mass is 10.1. The lowest BCUT2D eigenvalue weighted by molar-refractivity contribution is 0.210. The van der Waals surface area contributed by atoms with E-state index < -0.39 is 0 Å². The van der Waals surface area contributed by atoms with Crippen LogP contribution in [0.25, 0.3) is 0 Å². The third kappa shape index (κ3) is 3.24. The van der Waals surface area contributed by atoms with Crippen molar-refractivity contribution in [1.82, 2.24) is 0 Å². The van der Waals surface area contributed by atoms with Crippen molar-refractivity contribution < 1.29 is 4.74 Å². The maximum Gasteiger partial charge on any atom is 0.119 e. The van der Waals surface area contributed by atoms with Gasteiger partial charge in [0.25, 0.3) is 0 Å². The molecule has 0 spiro atoms. The van der Waals surface area contributed by atoms with Crippen LogP contribution in [0.15, 0.2) is 24.3 Å². The monoisotopic (exact) mass is 219 g/mol. The van der Waals surface area contributed by atoms with E-state index >= 15 is 0 Å². The second-order valence-electron chi connectivity index (χ2n) is 4.85. The fourth-order valence-electron chi connectivity index (χ4n) is 2.32. The van der Waals surface area contributed by atoms with E-state index in [9.17, 15) is 0 Å². The Hall–Kier alpha value is -1.02. The van der Waals surface area contributed by atoms with Crippen LogP contribution in [0.1, 0.15) is 38.2 Å². The third-order valence-electron chi connectivity index (χ3n) is 3.06. The summed E-state index contributed by atoms with van der Waals surface area (Å²) in [5.41, 5.74) is 7.07. The predicted molar refractivity (Wildman–Crippen MR) is 66.7 cm³/mol. The number of ether oxygens (including phenoxy) is 1. The zero-order valence-electron chi connectivity index (χ0n) is 9.99. The molecule has 0 heterocycles. The molecule has 1 fully saturated rings. The molecule has 1 unspecified atom stereocenters. The van der Waals surface area contributed by atoms with Crippen LogP contribution in [0.4, 0.5) is 0 Å². The minimum absolute atomic E-state index is 0.210. The van der Waals surface area contributed by atoms with Crippen molar-refractivity contribution in [2.75, 3.05) is 0 Å². The molecule has 88 valence electrons. The maximum absolute atomic E-state index is 5.96. The first-order chi connectivity index (χ1) is 7.74. The molecule has 0 saturated heterocycles. The Morgan fingerprint density at radius 2 is 2.12 bits per heavy atom. The Bertz CT molecular complexity index is 329. The van der Waals surface area contributed by atoms with Crippen LogP contribution in [-0.4, -0.2) is 12.1 Å². The summed E-state index contributed by atoms with van der Waals surface area (Å²) in [5, 5.41) is 0. The lowest BCUT2D eigenvalue weighted by Gasteiger charge is -2.14. The van der Waals surface area contributed by atoms with Crippen LogP contribution in [0.5, 0.6) is 5.75 Å². The van der Waals surface area contributed by atoms with Gasteiger partial charge >= 0.3 is 0 Å². The molecule has 1 atom stereocenters. The molecule has 1 aliphatic carbocycles. The number of nitrogens with two attached hydrogens (primary N) is 1. The molecule has 16 heavy (non-hydrogen) atoms. The Balaban J connectivity index is 1.97. The first-order valence-corrected chi connectivity index (χ1v) is 6.25. The Morgan fingerprint density at radius 3 is 2.81 bits per heavy atom. The van der Waals surface area contributed by atoms with E-state index in [0.717, 1.165) is 12.2 Å². The van der Waals surface area contributed by atoms with E-state index in [1.54, 1.807) is 0 Å². The van der Waals surface area contributed by atoms with E-state index in [1.165, 1.54) is 31.2 Å². The van der Waals surface area contributed by atoms with Crippen molar-refractivity contribution in [3.8, 4) is 5.75 Å². The lowest BCUT2D eigenvalue weighted by Crippen LogP contribution is -2.18. The van der Waals surface area contributed by atoms with Gasteiger partial charge in [-0.05, 0) is 56.7 Å². The van der Waals surface area contributed by atoms with Gasteiger partial charge in [0, 0.05) is 6.04 Å². The fourth-order valence-corrected chi connectivity index (χ4v) is 2.32. The Morgan fingerprint density at radius 1 is 1.38 bits per heavy atom. The third-order valence-corrected chi connectivity index (χ3v) is 3.06. The average Bonchev–Trinajstić information content (AvgIpc) is 2.70. The molecule has 1 aromatic carbocycles. The summed E-state index contributed by atoms with van der Waals surface area (Å²) in [6.07, 6.45) is 6.39. The fraction of sp³-hybridized carbons (Fsp3) is 0.571. The zero-order valence-corrected chi connectivity index (χ0v) is 9.99. The molecular formula is C14H21NO. The van der Waals surface area contributed by atoms with Crippen LogP contribution in [-0.2, 0) is 6.42 Å². The minimum atomic E-state index is 0.210. The van der Waals surface area contributed by atoms with E-state index in [1.807, 2.05) is 13.0 Å². The number of rotatable bonds is 4. The van der Waals surface area contributed by atoms with Gasteiger partial charge in [0.1, 0.15) is 5.75 Å². The molecule has 2 nitrogen and oxygen atoms in total. The predicted octanol–water partition coefficient (Wildman–Crippen LogP) is 2.90. The molecule has 1 saturated carbocycles. The highest BCUT2D eigenvalue weighted by atomic mass is 16.5. The van der Waals surface area contributed by atoms with Crippen molar-refractivity contribution >= 4 is 0 Å². The van der Waals surface area contributed by atoms with Gasteiger partial charge in [0.05, 0.1) is 6.10 Å². The minimum Gasteiger partial charge on any atom is -0.490 e. The molecule has 0 aliphatic heterocycles. The van der Waals surface area contributed by atoms with Gasteiger partial charge in [-0.15, -0.1) is 0 Å². The standard InChI is InChI=1S/C14H21NO/c1-11(15)9-12-5-4-8-14(10-12)16-13-6-2-3-7-13/h4-5,8,10-11,13H,2-3,6-7,9,15H2,1H3. The molecule has 0 aromatic heterocycles. The molecule has 0 radical (unpaired) electrons. The molecule has 2 heteroatoms. The van der Waals surface area contributed by atoms with Gasteiger partial charge in [-0.2, -0.15) is 0 Å². The van der Waals surface area contributed by atoms with E-state index in [4.69, 9.17) is 10.5 Å². The van der Waals surface area contributed by atoms with Crippen LogP contribution in [0.3, 0.4) is 0 Å². The van der Waals surface area contributed by atoms with Gasteiger partial charge in [-0.25, -0.2) is 0 Å². The van der Waals surface area contributed by atoms with Crippen molar-refractivity contribution in [2.45, 2.75) is 51.2 Å². The SMILES string of the molecule is CC(N)Cc1cccc(OC2CCCC2)c1. The highest BCUT2D eigenvalue weighted by Crippen LogP contribution is 2.24. The highest BCUT2D eigenvalue weighted by Gasteiger charge is 2.16. The van der Waals surface area contributed by atoms with Crippen LogP contribution >= 0.6 is 0 Å². The van der Waals surface area contributed by atoms with Gasteiger partial charge < -0.3 is 10.5 Å². The van der Waals surface area contributed by atoms with E-state index in [-0.39, 0.29) is 6.04 Å². The summed E-state index contributed by atoms with van der Waals surface area (Å²) in [6.45, 7) is 2.03. The zero-order chi connectivity index (χ0) is 11.4. The summed E-state index contributed by atoms with van der Waals surface area (Å²) in [4.78, 5) is 0. The molecule has 0 amide bonds. The molecule has 2 rings (SSSR count). The van der Waals surface area contributed by atoms with Crippen molar-refractivity contribution in [1.29, 1.82) is 0 Å². The quantitative estimate of drug-likeness (QED) is 0.845. The molecule has 1 aromatic rings. The normalized spacial score (nSPS) is 18.6.